The maximum atomic E-state index is 12.3. The van der Waals surface area contributed by atoms with Gasteiger partial charge in [0.25, 0.3) is 0 Å². The highest BCUT2D eigenvalue weighted by Crippen LogP contribution is 2.30. The van der Waals surface area contributed by atoms with Crippen molar-refractivity contribution in [1.82, 2.24) is 0 Å². The average Bonchev–Trinajstić information content (AvgIpc) is 2.88. The fourth-order valence-corrected chi connectivity index (χ4v) is 2.21. The molecule has 0 spiro atoms. The van der Waals surface area contributed by atoms with Crippen molar-refractivity contribution in [3.8, 4) is 11.5 Å². The number of hydrogen-bond acceptors (Lipinski definition) is 5. The molecule has 116 valence electrons. The molecule has 1 aromatic carbocycles. The van der Waals surface area contributed by atoms with Crippen LogP contribution in [-0.4, -0.2) is 38.4 Å². The SMILES string of the molecule is CCOc1ccc(OCC)c(NC(=O)C2COCC2N)c1. The molecule has 1 amide bonds. The number of benzene rings is 1. The quantitative estimate of drug-likeness (QED) is 0.828. The van der Waals surface area contributed by atoms with Gasteiger partial charge in [0.15, 0.2) is 0 Å². The second-order valence-corrected chi connectivity index (χ2v) is 4.82. The summed E-state index contributed by atoms with van der Waals surface area (Å²) < 4.78 is 16.2. The van der Waals surface area contributed by atoms with Crippen LogP contribution < -0.4 is 20.5 Å². The molecule has 6 nitrogen and oxygen atoms in total. The Balaban J connectivity index is 2.15. The number of hydrogen-bond donors (Lipinski definition) is 2. The summed E-state index contributed by atoms with van der Waals surface area (Å²) in [6, 6.07) is 5.09. The van der Waals surface area contributed by atoms with E-state index in [2.05, 4.69) is 5.32 Å². The van der Waals surface area contributed by atoms with Gasteiger partial charge in [0.2, 0.25) is 5.91 Å². The van der Waals surface area contributed by atoms with E-state index in [1.807, 2.05) is 19.9 Å². The lowest BCUT2D eigenvalue weighted by atomic mass is 10.0. The molecule has 1 aliphatic heterocycles. The van der Waals surface area contributed by atoms with Crippen LogP contribution >= 0.6 is 0 Å². The summed E-state index contributed by atoms with van der Waals surface area (Å²) >= 11 is 0. The molecule has 0 bridgehead atoms. The summed E-state index contributed by atoms with van der Waals surface area (Å²) in [6.45, 7) is 5.63. The van der Waals surface area contributed by atoms with Gasteiger partial charge in [0, 0.05) is 12.1 Å². The van der Waals surface area contributed by atoms with Crippen LogP contribution in [0.5, 0.6) is 11.5 Å². The lowest BCUT2D eigenvalue weighted by molar-refractivity contribution is -0.120. The number of rotatable bonds is 6. The number of nitrogens with two attached hydrogens (primary N) is 1. The highest BCUT2D eigenvalue weighted by molar-refractivity contribution is 5.95. The van der Waals surface area contributed by atoms with E-state index in [0.29, 0.717) is 43.6 Å². The predicted octanol–water partition coefficient (Wildman–Crippen LogP) is 1.40. The maximum absolute atomic E-state index is 12.3. The highest BCUT2D eigenvalue weighted by Gasteiger charge is 2.31. The van der Waals surface area contributed by atoms with Gasteiger partial charge in [-0.3, -0.25) is 4.79 Å². The van der Waals surface area contributed by atoms with Gasteiger partial charge in [-0.1, -0.05) is 0 Å². The first-order valence-electron chi connectivity index (χ1n) is 7.19. The number of carbonyl (C=O) groups excluding carboxylic acids is 1. The van der Waals surface area contributed by atoms with Crippen LogP contribution in [0, 0.1) is 5.92 Å². The van der Waals surface area contributed by atoms with Crippen LogP contribution in [0.3, 0.4) is 0 Å². The molecule has 0 aliphatic carbocycles. The van der Waals surface area contributed by atoms with Crippen molar-refractivity contribution in [2.75, 3.05) is 31.7 Å². The molecule has 1 saturated heterocycles. The van der Waals surface area contributed by atoms with Crippen LogP contribution in [0.25, 0.3) is 0 Å². The normalized spacial score (nSPS) is 21.1. The number of ether oxygens (including phenoxy) is 3. The molecule has 1 heterocycles. The van der Waals surface area contributed by atoms with Crippen LogP contribution in [-0.2, 0) is 9.53 Å². The largest absolute Gasteiger partial charge is 0.494 e. The Labute approximate surface area is 124 Å². The molecular formula is C15H22N2O4. The number of nitrogens with one attached hydrogen (secondary N) is 1. The van der Waals surface area contributed by atoms with Crippen LogP contribution in [0.1, 0.15) is 13.8 Å². The molecule has 1 aromatic rings. The van der Waals surface area contributed by atoms with Crippen LogP contribution in [0.4, 0.5) is 5.69 Å². The highest BCUT2D eigenvalue weighted by atomic mass is 16.5. The lowest BCUT2D eigenvalue weighted by Crippen LogP contribution is -2.37. The van der Waals surface area contributed by atoms with E-state index in [4.69, 9.17) is 19.9 Å². The van der Waals surface area contributed by atoms with Gasteiger partial charge in [-0.2, -0.15) is 0 Å². The van der Waals surface area contributed by atoms with Gasteiger partial charge < -0.3 is 25.3 Å². The first-order chi connectivity index (χ1) is 10.2. The van der Waals surface area contributed by atoms with E-state index in [1.165, 1.54) is 0 Å². The molecule has 21 heavy (non-hydrogen) atoms. The second-order valence-electron chi connectivity index (χ2n) is 4.82. The minimum Gasteiger partial charge on any atom is -0.494 e. The van der Waals surface area contributed by atoms with E-state index >= 15 is 0 Å². The van der Waals surface area contributed by atoms with Gasteiger partial charge in [0.1, 0.15) is 11.5 Å². The van der Waals surface area contributed by atoms with Crippen molar-refractivity contribution < 1.29 is 19.0 Å². The molecular weight excluding hydrogens is 272 g/mol. The van der Waals surface area contributed by atoms with Crippen LogP contribution in [0.15, 0.2) is 18.2 Å². The maximum Gasteiger partial charge on any atom is 0.231 e. The topological polar surface area (TPSA) is 82.8 Å². The molecule has 6 heteroatoms. The van der Waals surface area contributed by atoms with E-state index in [1.54, 1.807) is 12.1 Å². The van der Waals surface area contributed by atoms with Gasteiger partial charge >= 0.3 is 0 Å². The summed E-state index contributed by atoms with van der Waals surface area (Å²) in [4.78, 5) is 12.3. The molecule has 0 radical (unpaired) electrons. The summed E-state index contributed by atoms with van der Waals surface area (Å²) in [5, 5.41) is 2.86. The van der Waals surface area contributed by atoms with E-state index < -0.39 is 0 Å². The Hall–Kier alpha value is -1.79. The third kappa shape index (κ3) is 3.86. The minimum atomic E-state index is -0.338. The summed E-state index contributed by atoms with van der Waals surface area (Å²) in [6.07, 6.45) is 0. The standard InChI is InChI=1S/C15H22N2O4/c1-3-20-10-5-6-14(21-4-2)13(7-10)17-15(18)11-8-19-9-12(11)16/h5-7,11-12H,3-4,8-9,16H2,1-2H3,(H,17,18). The Morgan fingerprint density at radius 2 is 2.10 bits per heavy atom. The Morgan fingerprint density at radius 1 is 1.33 bits per heavy atom. The van der Waals surface area contributed by atoms with Crippen molar-refractivity contribution in [3.05, 3.63) is 18.2 Å². The van der Waals surface area contributed by atoms with Crippen LogP contribution in [0.2, 0.25) is 0 Å². The van der Waals surface area contributed by atoms with Crippen molar-refractivity contribution in [1.29, 1.82) is 0 Å². The van der Waals surface area contributed by atoms with Gasteiger partial charge in [0.05, 0.1) is 38.0 Å². The zero-order chi connectivity index (χ0) is 15.2. The van der Waals surface area contributed by atoms with Gasteiger partial charge in [-0.15, -0.1) is 0 Å². The van der Waals surface area contributed by atoms with Crippen molar-refractivity contribution in [2.24, 2.45) is 11.7 Å². The van der Waals surface area contributed by atoms with E-state index in [0.717, 1.165) is 0 Å². The zero-order valence-electron chi connectivity index (χ0n) is 12.4. The number of carbonyl (C=O) groups is 1. The molecule has 2 unspecified atom stereocenters. The van der Waals surface area contributed by atoms with E-state index in [9.17, 15) is 4.79 Å². The summed E-state index contributed by atoms with van der Waals surface area (Å²) in [7, 11) is 0. The number of amides is 1. The Kier molecular flexibility index (Phi) is 5.41. The molecule has 3 N–H and O–H groups in total. The monoisotopic (exact) mass is 294 g/mol. The Morgan fingerprint density at radius 3 is 2.71 bits per heavy atom. The summed E-state index contributed by atoms with van der Waals surface area (Å²) in [5.74, 6) is 0.801. The van der Waals surface area contributed by atoms with Crippen molar-refractivity contribution >= 4 is 11.6 Å². The van der Waals surface area contributed by atoms with E-state index in [-0.39, 0.29) is 17.9 Å². The zero-order valence-corrected chi connectivity index (χ0v) is 12.4. The summed E-state index contributed by atoms with van der Waals surface area (Å²) in [5.41, 5.74) is 6.46. The lowest BCUT2D eigenvalue weighted by Gasteiger charge is -2.17. The molecule has 0 aromatic heterocycles. The minimum absolute atomic E-state index is 0.158. The van der Waals surface area contributed by atoms with Crippen molar-refractivity contribution in [3.63, 3.8) is 0 Å². The number of anilines is 1. The molecule has 0 saturated carbocycles. The fraction of sp³-hybridized carbons (Fsp3) is 0.533. The Bertz CT molecular complexity index is 493. The third-order valence-corrected chi connectivity index (χ3v) is 3.28. The van der Waals surface area contributed by atoms with Gasteiger partial charge in [-0.25, -0.2) is 0 Å². The van der Waals surface area contributed by atoms with Gasteiger partial charge in [-0.05, 0) is 26.0 Å². The third-order valence-electron chi connectivity index (χ3n) is 3.28. The first-order valence-corrected chi connectivity index (χ1v) is 7.19. The molecule has 1 aliphatic rings. The first kappa shape index (κ1) is 15.6. The predicted molar refractivity (Wildman–Crippen MR) is 79.7 cm³/mol. The molecule has 2 rings (SSSR count). The molecule has 1 fully saturated rings. The smallest absolute Gasteiger partial charge is 0.231 e. The molecule has 2 atom stereocenters. The second kappa shape index (κ2) is 7.28. The van der Waals surface area contributed by atoms with Crippen molar-refractivity contribution in [2.45, 2.75) is 19.9 Å². The fourth-order valence-electron chi connectivity index (χ4n) is 2.21. The average molecular weight is 294 g/mol.